The second-order valence-electron chi connectivity index (χ2n) is 13.2. The fraction of sp³-hybridized carbons (Fsp3) is 0.588. The van der Waals surface area contributed by atoms with Crippen molar-refractivity contribution < 1.29 is 40.7 Å². The van der Waals surface area contributed by atoms with E-state index in [1.807, 2.05) is 35.2 Å². The molecule has 4 fully saturated rings. The fourth-order valence-electron chi connectivity index (χ4n) is 7.65. The quantitative estimate of drug-likeness (QED) is 0.398. The van der Waals surface area contributed by atoms with Crippen LogP contribution < -0.4 is 0 Å². The number of piperidine rings is 1. The maximum absolute atomic E-state index is 13.7. The van der Waals surface area contributed by atoms with Gasteiger partial charge >= 0.3 is 12.4 Å². The zero-order chi connectivity index (χ0) is 33.3. The first-order valence-electron chi connectivity index (χ1n) is 16.4. The van der Waals surface area contributed by atoms with Gasteiger partial charge < -0.3 is 14.5 Å². The molecule has 0 saturated carbocycles. The first-order chi connectivity index (χ1) is 22.4. The second-order valence-corrected chi connectivity index (χ2v) is 13.2. The van der Waals surface area contributed by atoms with E-state index in [-0.39, 0.29) is 30.5 Å². The highest BCUT2D eigenvalue weighted by atomic mass is 19.4. The number of carbonyl (C=O) groups is 2. The Kier molecular flexibility index (Phi) is 9.87. The van der Waals surface area contributed by atoms with E-state index in [0.717, 1.165) is 57.7 Å². The molecule has 4 saturated heterocycles. The Morgan fingerprint density at radius 2 is 1.38 bits per heavy atom. The molecule has 0 N–H and O–H groups in total. The van der Waals surface area contributed by atoms with Gasteiger partial charge in [-0.1, -0.05) is 30.3 Å². The maximum Gasteiger partial charge on any atom is 0.416 e. The number of alkyl halides is 6. The van der Waals surface area contributed by atoms with Gasteiger partial charge in [0.05, 0.1) is 23.7 Å². The number of hydrogen-bond acceptors (Lipinski definition) is 5. The van der Waals surface area contributed by atoms with E-state index in [1.54, 1.807) is 0 Å². The zero-order valence-electron chi connectivity index (χ0n) is 26.1. The molecule has 47 heavy (non-hydrogen) atoms. The summed E-state index contributed by atoms with van der Waals surface area (Å²) in [5.41, 5.74) is -2.66. The van der Waals surface area contributed by atoms with Crippen molar-refractivity contribution in [3.63, 3.8) is 0 Å². The molecule has 4 aliphatic rings. The van der Waals surface area contributed by atoms with E-state index in [1.165, 1.54) is 4.90 Å². The molecule has 2 aromatic rings. The summed E-state index contributed by atoms with van der Waals surface area (Å²) in [5.74, 6) is -0.670. The molecule has 13 heteroatoms. The lowest BCUT2D eigenvalue weighted by atomic mass is 9.90. The van der Waals surface area contributed by atoms with Crippen molar-refractivity contribution in [1.82, 2.24) is 19.6 Å². The third kappa shape index (κ3) is 7.78. The van der Waals surface area contributed by atoms with Crippen molar-refractivity contribution in [3.05, 3.63) is 70.8 Å². The molecule has 2 amide bonds. The number of halogens is 6. The fourth-order valence-corrected chi connectivity index (χ4v) is 7.65. The van der Waals surface area contributed by atoms with Crippen molar-refractivity contribution in [2.45, 2.75) is 62.6 Å². The van der Waals surface area contributed by atoms with Gasteiger partial charge in [-0.3, -0.25) is 19.4 Å². The topological polar surface area (TPSA) is 56.3 Å². The van der Waals surface area contributed by atoms with Crippen LogP contribution in [0, 0.1) is 5.92 Å². The Labute approximate surface area is 270 Å². The molecule has 256 valence electrons. The normalized spacial score (nSPS) is 26.6. The van der Waals surface area contributed by atoms with E-state index in [4.69, 9.17) is 4.74 Å². The average Bonchev–Trinajstić information content (AvgIpc) is 3.77. The van der Waals surface area contributed by atoms with E-state index >= 15 is 0 Å². The smallest absolute Gasteiger partial charge is 0.381 e. The van der Waals surface area contributed by atoms with Crippen molar-refractivity contribution in [2.75, 3.05) is 59.0 Å². The van der Waals surface area contributed by atoms with E-state index < -0.39 is 41.0 Å². The van der Waals surface area contributed by atoms with Gasteiger partial charge in [-0.05, 0) is 55.9 Å². The number of hydrogen-bond donors (Lipinski definition) is 0. The van der Waals surface area contributed by atoms with Gasteiger partial charge in [-0.2, -0.15) is 26.3 Å². The molecular formula is C34H40F6N4O3. The van der Waals surface area contributed by atoms with Crippen LogP contribution in [0.25, 0.3) is 0 Å². The minimum absolute atomic E-state index is 0.0348. The number of piperazine rings is 1. The zero-order valence-corrected chi connectivity index (χ0v) is 26.1. The highest BCUT2D eigenvalue weighted by molar-refractivity contribution is 5.95. The minimum Gasteiger partial charge on any atom is -0.381 e. The Bertz CT molecular complexity index is 1370. The summed E-state index contributed by atoms with van der Waals surface area (Å²) in [6.07, 6.45) is -6.80. The highest BCUT2D eigenvalue weighted by Gasteiger charge is 2.41. The van der Waals surface area contributed by atoms with Crippen LogP contribution in [-0.2, 0) is 28.3 Å². The number of nitrogens with zero attached hydrogens (tertiary/aromatic N) is 4. The van der Waals surface area contributed by atoms with Gasteiger partial charge in [0.2, 0.25) is 5.91 Å². The molecule has 6 rings (SSSR count). The predicted octanol–water partition coefficient (Wildman–Crippen LogP) is 5.20. The lowest BCUT2D eigenvalue weighted by molar-refractivity contribution is -0.143. The van der Waals surface area contributed by atoms with Gasteiger partial charge in [-0.25, -0.2) is 0 Å². The summed E-state index contributed by atoms with van der Waals surface area (Å²) in [6.45, 7) is 6.13. The largest absolute Gasteiger partial charge is 0.416 e. The molecule has 0 aliphatic carbocycles. The van der Waals surface area contributed by atoms with E-state index in [0.29, 0.717) is 50.7 Å². The number of carbonyl (C=O) groups excluding carboxylic acids is 2. The summed E-state index contributed by atoms with van der Waals surface area (Å²) in [6, 6.07) is 10.5. The standard InChI is InChI=1S/C34H40F6N4O3/c35-33(36,37)26-17-25(18-27(19-26)34(38,39)40)32(46)44-10-7-28(20-30(44)16-23-4-2-1-3-5-23)41-11-13-42(14-12-41)29-6-9-43(21-29)31(45)24-8-15-47-22-24/h1-5,17-19,24,28-30H,6-16,20-22H2/t24?,28-,29?,30+/m0/s1. The van der Waals surface area contributed by atoms with Crippen LogP contribution in [0.4, 0.5) is 26.3 Å². The van der Waals surface area contributed by atoms with E-state index in [9.17, 15) is 35.9 Å². The number of benzene rings is 2. The Hall–Kier alpha value is -3.16. The number of ether oxygens (including phenoxy) is 1. The van der Waals surface area contributed by atoms with Gasteiger partial charge in [0.1, 0.15) is 0 Å². The first-order valence-corrected chi connectivity index (χ1v) is 16.4. The number of amides is 2. The molecular weight excluding hydrogens is 626 g/mol. The summed E-state index contributed by atoms with van der Waals surface area (Å²) in [4.78, 5) is 34.9. The van der Waals surface area contributed by atoms with E-state index in [2.05, 4.69) is 9.80 Å². The molecule has 0 spiro atoms. The first kappa shape index (κ1) is 33.7. The summed E-state index contributed by atoms with van der Waals surface area (Å²) >= 11 is 0. The predicted molar refractivity (Wildman–Crippen MR) is 161 cm³/mol. The molecule has 0 radical (unpaired) electrons. The highest BCUT2D eigenvalue weighted by Crippen LogP contribution is 2.37. The monoisotopic (exact) mass is 666 g/mol. The van der Waals surface area contributed by atoms with Crippen LogP contribution in [0.15, 0.2) is 48.5 Å². The lowest BCUT2D eigenvalue weighted by Crippen LogP contribution is -2.58. The van der Waals surface area contributed by atoms with Crippen molar-refractivity contribution in [2.24, 2.45) is 5.92 Å². The van der Waals surface area contributed by atoms with Gasteiger partial charge in [0.15, 0.2) is 0 Å². The third-order valence-corrected chi connectivity index (χ3v) is 10.2. The summed E-state index contributed by atoms with van der Waals surface area (Å²) in [7, 11) is 0. The second kappa shape index (κ2) is 13.8. The molecule has 4 atom stereocenters. The van der Waals surface area contributed by atoms with Gasteiger partial charge in [0.25, 0.3) is 5.91 Å². The van der Waals surface area contributed by atoms with Crippen LogP contribution in [-0.4, -0.2) is 109 Å². The van der Waals surface area contributed by atoms with Gasteiger partial charge in [-0.15, -0.1) is 0 Å². The summed E-state index contributed by atoms with van der Waals surface area (Å²) in [5, 5.41) is 0. The average molecular weight is 667 g/mol. The molecule has 4 heterocycles. The number of rotatable bonds is 6. The third-order valence-electron chi connectivity index (χ3n) is 10.2. The molecule has 2 unspecified atom stereocenters. The van der Waals surface area contributed by atoms with Crippen LogP contribution in [0.3, 0.4) is 0 Å². The van der Waals surface area contributed by atoms with Crippen LogP contribution in [0.5, 0.6) is 0 Å². The Balaban J connectivity index is 1.13. The molecule has 7 nitrogen and oxygen atoms in total. The number of likely N-dealkylation sites (tertiary alicyclic amines) is 2. The van der Waals surface area contributed by atoms with Crippen LogP contribution in [0.1, 0.15) is 52.7 Å². The van der Waals surface area contributed by atoms with Crippen LogP contribution in [0.2, 0.25) is 0 Å². The Morgan fingerprint density at radius 3 is 1.98 bits per heavy atom. The maximum atomic E-state index is 13.7. The minimum atomic E-state index is -5.04. The van der Waals surface area contributed by atoms with Crippen molar-refractivity contribution in [3.8, 4) is 0 Å². The lowest BCUT2D eigenvalue weighted by Gasteiger charge is -2.47. The molecule has 4 aliphatic heterocycles. The van der Waals surface area contributed by atoms with Crippen molar-refractivity contribution in [1.29, 1.82) is 0 Å². The molecule has 0 bridgehead atoms. The van der Waals surface area contributed by atoms with Crippen LogP contribution >= 0.6 is 0 Å². The summed E-state index contributed by atoms with van der Waals surface area (Å²) < 4.78 is 86.9. The SMILES string of the molecule is O=C(C1CCOC1)N1CCC(N2CCN([C@H]3CCN(C(=O)c4cc(C(F)(F)F)cc(C(F)(F)F)c4)[C@H](Cc4ccccc4)C3)CC2)C1. The Morgan fingerprint density at radius 1 is 0.766 bits per heavy atom. The van der Waals surface area contributed by atoms with Gasteiger partial charge in [0, 0.05) is 76.1 Å². The van der Waals surface area contributed by atoms with Crippen molar-refractivity contribution >= 4 is 11.8 Å². The molecule has 0 aromatic heterocycles. The molecule has 2 aromatic carbocycles.